The molecule has 1 aromatic heterocycles. The highest BCUT2D eigenvalue weighted by Gasteiger charge is 2.39. The van der Waals surface area contributed by atoms with Crippen molar-refractivity contribution in [1.82, 2.24) is 25.4 Å². The van der Waals surface area contributed by atoms with Gasteiger partial charge >= 0.3 is 5.97 Å². The number of carboxylic acid groups (broad SMARTS) is 1. The van der Waals surface area contributed by atoms with Gasteiger partial charge in [0.15, 0.2) is 0 Å². The fourth-order valence-corrected chi connectivity index (χ4v) is 9.29. The Kier molecular flexibility index (Phi) is 22.2. The maximum atomic E-state index is 15.0. The number of nitrogens with two attached hydrogens (primary N) is 1. The molecule has 1 aliphatic heterocycles. The zero-order chi connectivity index (χ0) is 46.9. The normalized spacial score (nSPS) is 17.1. The molecule has 2 aromatic rings. The molecule has 6 N–H and O–H groups in total. The van der Waals surface area contributed by atoms with Gasteiger partial charge in [-0.3, -0.25) is 28.9 Å². The molecule has 4 amide bonds. The number of benzene rings is 1. The Labute approximate surface area is 381 Å². The minimum atomic E-state index is -1.13. The number of carbonyl (C=O) groups is 5. The SMILES string of the molecule is CCCCCCN(C(=O)[C@@H](NC(=O)[C@H]1CCCCN1C(C)C)[C@@H](C)CC)[C@H](C[C@@H](OCC)c1nc(C(=O)N[C@@H](Cc2ccc(NC(=O)CN)cc2)CC(C)(C)C(=O)O)cs1)C(C)C. The van der Waals surface area contributed by atoms with E-state index in [4.69, 9.17) is 15.5 Å². The highest BCUT2D eigenvalue weighted by Crippen LogP contribution is 2.32. The molecule has 0 saturated carbocycles. The fourth-order valence-electron chi connectivity index (χ4n) is 8.43. The van der Waals surface area contributed by atoms with E-state index >= 15 is 4.79 Å². The molecule has 15 heteroatoms. The van der Waals surface area contributed by atoms with Crippen molar-refractivity contribution in [1.29, 1.82) is 0 Å². The van der Waals surface area contributed by atoms with Crippen LogP contribution in [0.2, 0.25) is 0 Å². The maximum absolute atomic E-state index is 15.0. The molecule has 2 heterocycles. The van der Waals surface area contributed by atoms with E-state index < -0.39 is 35.5 Å². The standard InChI is InChI=1S/C48H79N7O7S/c1-11-14-15-17-25-55(46(59)42(33(8)12-2)53-44(58)38-19-16-18-24-54(38)32(6)7)39(31(4)5)27-40(62-13-3)45-52-37(30-63-45)43(57)51-36(28-48(9,10)47(60)61)26-34-20-22-35(23-21-34)50-41(56)29-49/h20-23,30-33,36,38-40,42H,11-19,24-29,49H2,1-10H3,(H,50,56)(H,51,57)(H,53,58)(H,60,61)/t33-,36-,38+,39+,40+,42-/m0/s1. The maximum Gasteiger partial charge on any atom is 0.309 e. The summed E-state index contributed by atoms with van der Waals surface area (Å²) < 4.78 is 6.38. The fraction of sp³-hybridized carbons (Fsp3) is 0.708. The summed E-state index contributed by atoms with van der Waals surface area (Å²) in [5.74, 6) is -1.91. The number of likely N-dealkylation sites (tertiary alicyclic amines) is 1. The third-order valence-electron chi connectivity index (χ3n) is 12.4. The number of thiazole rings is 1. The number of carbonyl (C=O) groups excluding carboxylic acids is 4. The largest absolute Gasteiger partial charge is 0.481 e. The Bertz CT molecular complexity index is 1750. The van der Waals surface area contributed by atoms with E-state index in [1.807, 2.05) is 30.9 Å². The lowest BCUT2D eigenvalue weighted by Gasteiger charge is -2.41. The molecule has 1 aromatic carbocycles. The molecule has 1 aliphatic rings. The molecule has 0 radical (unpaired) electrons. The predicted octanol–water partition coefficient (Wildman–Crippen LogP) is 7.58. The minimum Gasteiger partial charge on any atom is -0.481 e. The minimum absolute atomic E-state index is 0.0400. The van der Waals surface area contributed by atoms with Crippen molar-refractivity contribution in [2.75, 3.05) is 31.6 Å². The molecule has 14 nitrogen and oxygen atoms in total. The van der Waals surface area contributed by atoms with Crippen LogP contribution < -0.4 is 21.7 Å². The van der Waals surface area contributed by atoms with E-state index in [2.05, 4.69) is 62.4 Å². The van der Waals surface area contributed by atoms with Crippen molar-refractivity contribution < 1.29 is 33.8 Å². The van der Waals surface area contributed by atoms with Gasteiger partial charge in [0.2, 0.25) is 17.7 Å². The Morgan fingerprint density at radius 1 is 1.00 bits per heavy atom. The van der Waals surface area contributed by atoms with Crippen LogP contribution in [0.25, 0.3) is 0 Å². The molecular weight excluding hydrogens is 819 g/mol. The van der Waals surface area contributed by atoms with Crippen LogP contribution >= 0.6 is 11.3 Å². The molecule has 0 bridgehead atoms. The Morgan fingerprint density at radius 2 is 1.70 bits per heavy atom. The second kappa shape index (κ2) is 26.1. The first-order valence-corrected chi connectivity index (χ1v) is 24.3. The van der Waals surface area contributed by atoms with Crippen LogP contribution in [-0.4, -0.2) is 106 Å². The smallest absolute Gasteiger partial charge is 0.309 e. The topological polar surface area (TPSA) is 196 Å². The summed E-state index contributed by atoms with van der Waals surface area (Å²) in [7, 11) is 0. The van der Waals surface area contributed by atoms with Crippen LogP contribution in [-0.2, 0) is 30.3 Å². The number of nitrogens with zero attached hydrogens (tertiary/aromatic N) is 3. The van der Waals surface area contributed by atoms with Crippen molar-refractivity contribution in [3.05, 3.63) is 45.9 Å². The Hall–Kier alpha value is -3.92. The van der Waals surface area contributed by atoms with Crippen molar-refractivity contribution >= 4 is 46.6 Å². The number of unbranched alkanes of at least 4 members (excludes halogenated alkanes) is 3. The van der Waals surface area contributed by atoms with E-state index in [-0.39, 0.29) is 66.3 Å². The Morgan fingerprint density at radius 3 is 2.29 bits per heavy atom. The van der Waals surface area contributed by atoms with E-state index in [0.717, 1.165) is 63.5 Å². The summed E-state index contributed by atoms with van der Waals surface area (Å²) in [5, 5.41) is 21.3. The zero-order valence-electron chi connectivity index (χ0n) is 39.8. The van der Waals surface area contributed by atoms with Gasteiger partial charge in [0.25, 0.3) is 5.91 Å². The summed E-state index contributed by atoms with van der Waals surface area (Å²) >= 11 is 1.32. The quantitative estimate of drug-likeness (QED) is 0.0558. The second-order valence-electron chi connectivity index (χ2n) is 18.6. The molecule has 0 spiro atoms. The van der Waals surface area contributed by atoms with E-state index in [9.17, 15) is 24.3 Å². The first-order chi connectivity index (χ1) is 29.9. The number of piperidine rings is 1. The van der Waals surface area contributed by atoms with Crippen molar-refractivity contribution in [3.63, 3.8) is 0 Å². The monoisotopic (exact) mass is 898 g/mol. The third-order valence-corrected chi connectivity index (χ3v) is 13.4. The van der Waals surface area contributed by atoms with Crippen LogP contribution in [0.15, 0.2) is 29.6 Å². The number of amides is 4. The van der Waals surface area contributed by atoms with E-state index in [1.54, 1.807) is 31.4 Å². The van der Waals surface area contributed by atoms with E-state index in [1.165, 1.54) is 11.3 Å². The number of aromatic nitrogens is 1. The van der Waals surface area contributed by atoms with Gasteiger partial charge in [-0.1, -0.05) is 78.9 Å². The van der Waals surface area contributed by atoms with Gasteiger partial charge in [0, 0.05) is 48.8 Å². The van der Waals surface area contributed by atoms with Crippen LogP contribution in [0.4, 0.5) is 5.69 Å². The van der Waals surface area contributed by atoms with Gasteiger partial charge in [0.1, 0.15) is 22.8 Å². The first-order valence-electron chi connectivity index (χ1n) is 23.4. The molecule has 1 saturated heterocycles. The lowest BCUT2D eigenvalue weighted by Crippen LogP contribution is -2.60. The second-order valence-corrected chi connectivity index (χ2v) is 19.5. The molecule has 1 fully saturated rings. The summed E-state index contributed by atoms with van der Waals surface area (Å²) in [6.07, 6.45) is 7.93. The average molecular weight is 898 g/mol. The summed E-state index contributed by atoms with van der Waals surface area (Å²) in [5.41, 5.74) is 5.93. The lowest BCUT2D eigenvalue weighted by molar-refractivity contribution is -0.147. The molecule has 0 aliphatic carbocycles. The number of rotatable bonds is 27. The molecule has 63 heavy (non-hydrogen) atoms. The lowest BCUT2D eigenvalue weighted by atomic mass is 9.84. The number of hydrogen-bond acceptors (Lipinski definition) is 10. The number of nitrogens with one attached hydrogen (secondary N) is 3. The van der Waals surface area contributed by atoms with Gasteiger partial charge in [-0.15, -0.1) is 11.3 Å². The zero-order valence-corrected chi connectivity index (χ0v) is 40.7. The van der Waals surface area contributed by atoms with Crippen LogP contribution in [0, 0.1) is 17.3 Å². The predicted molar refractivity (Wildman–Crippen MR) is 252 cm³/mol. The van der Waals surface area contributed by atoms with Crippen LogP contribution in [0.5, 0.6) is 0 Å². The molecule has 354 valence electrons. The van der Waals surface area contributed by atoms with Crippen molar-refractivity contribution in [2.45, 2.75) is 176 Å². The molecular formula is C48H79N7O7S. The van der Waals surface area contributed by atoms with Gasteiger partial charge < -0.3 is 36.4 Å². The average Bonchev–Trinajstić information content (AvgIpc) is 3.75. The van der Waals surface area contributed by atoms with Gasteiger partial charge in [-0.25, -0.2) is 4.98 Å². The number of aliphatic carboxylic acids is 1. The molecule has 0 unspecified atom stereocenters. The number of anilines is 1. The molecule has 3 rings (SSSR count). The highest BCUT2D eigenvalue weighted by molar-refractivity contribution is 7.09. The van der Waals surface area contributed by atoms with Gasteiger partial charge in [-0.2, -0.15) is 0 Å². The highest BCUT2D eigenvalue weighted by atomic mass is 32.1. The first kappa shape index (κ1) is 53.4. The summed E-state index contributed by atoms with van der Waals surface area (Å²) in [6.45, 7) is 21.6. The van der Waals surface area contributed by atoms with Crippen LogP contribution in [0.3, 0.4) is 0 Å². The van der Waals surface area contributed by atoms with Gasteiger partial charge in [0.05, 0.1) is 18.0 Å². The van der Waals surface area contributed by atoms with Gasteiger partial charge in [-0.05, 0) is 103 Å². The summed E-state index contributed by atoms with van der Waals surface area (Å²) in [6, 6.07) is 5.61. The van der Waals surface area contributed by atoms with Crippen molar-refractivity contribution in [3.8, 4) is 0 Å². The number of hydrogen-bond donors (Lipinski definition) is 5. The Balaban J connectivity index is 1.92. The third kappa shape index (κ3) is 16.2. The van der Waals surface area contributed by atoms with Crippen molar-refractivity contribution in [2.24, 2.45) is 23.0 Å². The number of ether oxygens (including phenoxy) is 1. The van der Waals surface area contributed by atoms with Crippen LogP contribution in [0.1, 0.15) is 161 Å². The van der Waals surface area contributed by atoms with E-state index in [0.29, 0.717) is 36.7 Å². The summed E-state index contributed by atoms with van der Waals surface area (Å²) in [4.78, 5) is 76.1. The molecule has 6 atom stereocenters. The number of carboxylic acids is 1.